The number of para-hydroxylation sites is 1. The molecule has 5 nitrogen and oxygen atoms in total. The first-order chi connectivity index (χ1) is 10.2. The first kappa shape index (κ1) is 15.0. The minimum Gasteiger partial charge on any atom is -0.461 e. The third kappa shape index (κ3) is 4.02. The molecule has 0 unspecified atom stereocenters. The second-order valence-corrected chi connectivity index (χ2v) is 4.57. The molecule has 110 valence electrons. The SMILES string of the molecule is CC/C=C/COC(=O)CCn1cnc2ccccc2c1=O. The Morgan fingerprint density at radius 2 is 2.14 bits per heavy atom. The third-order valence-electron chi connectivity index (χ3n) is 3.03. The Morgan fingerprint density at radius 1 is 1.33 bits per heavy atom. The van der Waals surface area contributed by atoms with Crippen molar-refractivity contribution in [1.29, 1.82) is 0 Å². The number of benzene rings is 1. The predicted octanol–water partition coefficient (Wildman–Crippen LogP) is 2.30. The zero-order valence-corrected chi connectivity index (χ0v) is 12.0. The highest BCUT2D eigenvalue weighted by Crippen LogP contribution is 2.04. The Bertz CT molecular complexity index is 704. The summed E-state index contributed by atoms with van der Waals surface area (Å²) in [6, 6.07) is 7.15. The maximum atomic E-state index is 12.2. The average Bonchev–Trinajstić information content (AvgIpc) is 2.51. The van der Waals surface area contributed by atoms with E-state index in [0.717, 1.165) is 6.42 Å². The number of aromatic nitrogens is 2. The minimum atomic E-state index is -0.323. The van der Waals surface area contributed by atoms with E-state index in [4.69, 9.17) is 4.74 Å². The molecule has 2 aromatic rings. The zero-order valence-electron chi connectivity index (χ0n) is 12.0. The molecule has 21 heavy (non-hydrogen) atoms. The third-order valence-corrected chi connectivity index (χ3v) is 3.03. The molecule has 0 aliphatic heterocycles. The highest BCUT2D eigenvalue weighted by Gasteiger charge is 2.06. The molecule has 0 saturated carbocycles. The number of ether oxygens (including phenoxy) is 1. The molecule has 1 heterocycles. The molecule has 1 aromatic heterocycles. The van der Waals surface area contributed by atoms with Crippen molar-refractivity contribution in [3.8, 4) is 0 Å². The van der Waals surface area contributed by atoms with E-state index in [9.17, 15) is 9.59 Å². The largest absolute Gasteiger partial charge is 0.461 e. The molecular formula is C16H18N2O3. The molecule has 0 aliphatic rings. The Morgan fingerprint density at radius 3 is 2.95 bits per heavy atom. The van der Waals surface area contributed by atoms with E-state index in [2.05, 4.69) is 4.98 Å². The zero-order chi connectivity index (χ0) is 15.1. The van der Waals surface area contributed by atoms with Crippen LogP contribution in [0, 0.1) is 0 Å². The summed E-state index contributed by atoms with van der Waals surface area (Å²) in [5, 5.41) is 0.555. The lowest BCUT2D eigenvalue weighted by Crippen LogP contribution is -2.22. The van der Waals surface area contributed by atoms with Gasteiger partial charge in [-0.1, -0.05) is 31.2 Å². The van der Waals surface area contributed by atoms with Gasteiger partial charge in [-0.25, -0.2) is 4.98 Å². The van der Waals surface area contributed by atoms with Crippen molar-refractivity contribution in [2.45, 2.75) is 26.3 Å². The van der Waals surface area contributed by atoms with Crippen molar-refractivity contribution in [2.24, 2.45) is 0 Å². The van der Waals surface area contributed by atoms with E-state index in [1.807, 2.05) is 25.1 Å². The number of carbonyl (C=O) groups is 1. The summed E-state index contributed by atoms with van der Waals surface area (Å²) in [4.78, 5) is 28.0. The van der Waals surface area contributed by atoms with Crippen molar-refractivity contribution in [1.82, 2.24) is 9.55 Å². The number of carbonyl (C=O) groups excluding carboxylic acids is 1. The number of fused-ring (bicyclic) bond motifs is 1. The van der Waals surface area contributed by atoms with Crippen LogP contribution in [0.25, 0.3) is 10.9 Å². The number of nitrogens with zero attached hydrogens (tertiary/aromatic N) is 2. The number of allylic oxidation sites excluding steroid dienone is 1. The van der Waals surface area contributed by atoms with Gasteiger partial charge < -0.3 is 4.74 Å². The molecule has 5 heteroatoms. The van der Waals surface area contributed by atoms with Gasteiger partial charge >= 0.3 is 5.97 Å². The van der Waals surface area contributed by atoms with Crippen molar-refractivity contribution in [3.63, 3.8) is 0 Å². The molecule has 2 rings (SSSR count). The number of hydrogen-bond donors (Lipinski definition) is 0. The van der Waals surface area contributed by atoms with Crippen LogP contribution in [0.4, 0.5) is 0 Å². The molecule has 0 spiro atoms. The van der Waals surface area contributed by atoms with Crippen molar-refractivity contribution >= 4 is 16.9 Å². The van der Waals surface area contributed by atoms with Gasteiger partial charge in [0.2, 0.25) is 0 Å². The van der Waals surface area contributed by atoms with Gasteiger partial charge in [0.1, 0.15) is 6.61 Å². The topological polar surface area (TPSA) is 61.2 Å². The number of esters is 1. The highest BCUT2D eigenvalue weighted by atomic mass is 16.5. The van der Waals surface area contributed by atoms with E-state index in [0.29, 0.717) is 10.9 Å². The second kappa shape index (κ2) is 7.38. The molecule has 0 N–H and O–H groups in total. The summed E-state index contributed by atoms with van der Waals surface area (Å²) in [5.41, 5.74) is 0.519. The van der Waals surface area contributed by atoms with Crippen LogP contribution in [0.2, 0.25) is 0 Å². The van der Waals surface area contributed by atoms with Gasteiger partial charge in [-0.2, -0.15) is 0 Å². The molecule has 0 fully saturated rings. The molecule has 1 aromatic carbocycles. The molecule has 0 radical (unpaired) electrons. The summed E-state index contributed by atoms with van der Waals surface area (Å²) in [5.74, 6) is -0.323. The van der Waals surface area contributed by atoms with Crippen molar-refractivity contribution < 1.29 is 9.53 Å². The van der Waals surface area contributed by atoms with Crippen molar-refractivity contribution in [3.05, 3.63) is 53.1 Å². The van der Waals surface area contributed by atoms with Crippen LogP contribution in [-0.2, 0) is 16.1 Å². The first-order valence-corrected chi connectivity index (χ1v) is 6.97. The lowest BCUT2D eigenvalue weighted by atomic mass is 10.2. The van der Waals surface area contributed by atoms with E-state index in [1.54, 1.807) is 18.2 Å². The van der Waals surface area contributed by atoms with Crippen LogP contribution >= 0.6 is 0 Å². The molecule has 0 amide bonds. The summed E-state index contributed by atoms with van der Waals surface area (Å²) in [6.45, 7) is 2.56. The standard InChI is InChI=1S/C16H18N2O3/c1-2-3-6-11-21-15(19)9-10-18-12-17-14-8-5-4-7-13(14)16(18)20/h3-8,12H,2,9-11H2,1H3/b6-3+. The van der Waals surface area contributed by atoms with Gasteiger partial charge in [-0.05, 0) is 18.6 Å². The van der Waals surface area contributed by atoms with Crippen molar-refractivity contribution in [2.75, 3.05) is 6.61 Å². The average molecular weight is 286 g/mol. The molecule has 0 bridgehead atoms. The van der Waals surface area contributed by atoms with Gasteiger partial charge in [0.05, 0.1) is 23.7 Å². The number of aryl methyl sites for hydroxylation is 1. The second-order valence-electron chi connectivity index (χ2n) is 4.57. The Balaban J connectivity index is 1.97. The minimum absolute atomic E-state index is 0.140. The lowest BCUT2D eigenvalue weighted by Gasteiger charge is -2.06. The molecule has 0 atom stereocenters. The summed E-state index contributed by atoms with van der Waals surface area (Å²) >= 11 is 0. The van der Waals surface area contributed by atoms with E-state index < -0.39 is 0 Å². The van der Waals surface area contributed by atoms with Crippen LogP contribution in [0.1, 0.15) is 19.8 Å². The fourth-order valence-corrected chi connectivity index (χ4v) is 1.93. The maximum absolute atomic E-state index is 12.2. The van der Waals surface area contributed by atoms with Gasteiger partial charge in [0.15, 0.2) is 0 Å². The monoisotopic (exact) mass is 286 g/mol. The Labute approximate surface area is 122 Å². The van der Waals surface area contributed by atoms with Crippen LogP contribution in [0.5, 0.6) is 0 Å². The smallest absolute Gasteiger partial charge is 0.307 e. The lowest BCUT2D eigenvalue weighted by molar-refractivity contribution is -0.142. The van der Waals surface area contributed by atoms with Gasteiger partial charge in [-0.3, -0.25) is 14.2 Å². The van der Waals surface area contributed by atoms with Crippen LogP contribution in [0.15, 0.2) is 47.5 Å². The van der Waals surface area contributed by atoms with Gasteiger partial charge in [0, 0.05) is 6.54 Å². The molecule has 0 aliphatic carbocycles. The fourth-order valence-electron chi connectivity index (χ4n) is 1.93. The number of rotatable bonds is 6. The van der Waals surface area contributed by atoms with Crippen LogP contribution in [0.3, 0.4) is 0 Å². The van der Waals surface area contributed by atoms with E-state index >= 15 is 0 Å². The summed E-state index contributed by atoms with van der Waals surface area (Å²) in [6.07, 6.45) is 6.28. The van der Waals surface area contributed by atoms with Gasteiger partial charge in [-0.15, -0.1) is 0 Å². The molecular weight excluding hydrogens is 268 g/mol. The highest BCUT2D eigenvalue weighted by molar-refractivity contribution is 5.77. The maximum Gasteiger partial charge on any atom is 0.307 e. The van der Waals surface area contributed by atoms with Crippen LogP contribution < -0.4 is 5.56 Å². The fraction of sp³-hybridized carbons (Fsp3) is 0.312. The Hall–Kier alpha value is -2.43. The van der Waals surface area contributed by atoms with Crippen LogP contribution in [-0.4, -0.2) is 22.1 Å². The van der Waals surface area contributed by atoms with E-state index in [-0.39, 0.29) is 31.1 Å². The number of hydrogen-bond acceptors (Lipinski definition) is 4. The summed E-state index contributed by atoms with van der Waals surface area (Å²) < 4.78 is 6.47. The normalized spacial score (nSPS) is 11.1. The quantitative estimate of drug-likeness (QED) is 0.604. The Kier molecular flexibility index (Phi) is 5.26. The predicted molar refractivity (Wildman–Crippen MR) is 81.0 cm³/mol. The first-order valence-electron chi connectivity index (χ1n) is 6.97. The van der Waals surface area contributed by atoms with E-state index in [1.165, 1.54) is 10.9 Å². The molecule has 0 saturated heterocycles. The summed E-state index contributed by atoms with van der Waals surface area (Å²) in [7, 11) is 0. The van der Waals surface area contributed by atoms with Gasteiger partial charge in [0.25, 0.3) is 5.56 Å².